The first kappa shape index (κ1) is 34.4. The Morgan fingerprint density at radius 3 is 1.52 bits per heavy atom. The summed E-state index contributed by atoms with van der Waals surface area (Å²) in [5.74, 6) is 2.71. The Balaban J connectivity index is 0.000000108. The van der Waals surface area contributed by atoms with Gasteiger partial charge in [-0.25, -0.2) is 0 Å². The number of rotatable bonds is 1. The Labute approximate surface area is 274 Å². The number of piperidine rings is 3. The van der Waals surface area contributed by atoms with Crippen LogP contribution in [0.2, 0.25) is 0 Å². The van der Waals surface area contributed by atoms with Crippen LogP contribution in [0.4, 0.5) is 0 Å². The number of nitrogens with zero attached hydrogens (tertiary/aromatic N) is 2. The number of hydrogen-bond donors (Lipinski definition) is 1. The zero-order chi connectivity index (χ0) is 32.0. The molecule has 0 amide bonds. The van der Waals surface area contributed by atoms with Gasteiger partial charge in [0.15, 0.2) is 17.4 Å². The SMILES string of the molecule is N#CC1CCC2(CC1)OCCO2.NCC1CCC2(CC1)OCCO2.O=C1C2CC3C[C@H]1CN(C3)C2.O=C1CCC2(CC1)OCCO2. The van der Waals surface area contributed by atoms with E-state index in [1.807, 2.05) is 0 Å². The topological polar surface area (TPSA) is 143 Å². The summed E-state index contributed by atoms with van der Waals surface area (Å²) in [5, 5.41) is 8.69. The molecular weight excluding hydrogens is 590 g/mol. The Kier molecular flexibility index (Phi) is 11.5. The van der Waals surface area contributed by atoms with Crippen molar-refractivity contribution in [2.45, 2.75) is 107 Å². The van der Waals surface area contributed by atoms with Gasteiger partial charge in [0, 0.05) is 88.8 Å². The maximum atomic E-state index is 11.5. The number of nitrogens with two attached hydrogens (primary N) is 1. The highest BCUT2D eigenvalue weighted by atomic mass is 16.7. The van der Waals surface area contributed by atoms with Crippen molar-refractivity contribution >= 4 is 11.6 Å². The average molecular weight is 646 g/mol. The first-order valence-corrected chi connectivity index (χ1v) is 18.0. The van der Waals surface area contributed by atoms with Gasteiger partial charge < -0.3 is 39.1 Å². The Bertz CT molecular complexity index is 1010. The highest BCUT2D eigenvalue weighted by Gasteiger charge is 2.46. The molecule has 0 aromatic carbocycles. The van der Waals surface area contributed by atoms with Crippen LogP contribution in [0.5, 0.6) is 0 Å². The van der Waals surface area contributed by atoms with E-state index >= 15 is 0 Å². The highest BCUT2D eigenvalue weighted by molar-refractivity contribution is 5.85. The Morgan fingerprint density at radius 1 is 0.674 bits per heavy atom. The minimum atomic E-state index is -0.367. The van der Waals surface area contributed by atoms with Crippen molar-refractivity contribution in [1.82, 2.24) is 4.90 Å². The molecule has 3 spiro atoms. The lowest BCUT2D eigenvalue weighted by Crippen LogP contribution is -2.58. The maximum absolute atomic E-state index is 11.5. The van der Waals surface area contributed by atoms with Gasteiger partial charge in [-0.15, -0.1) is 0 Å². The summed E-state index contributed by atoms with van der Waals surface area (Å²) in [6.45, 7) is 8.60. The number of carbonyl (C=O) groups excluding carboxylic acids is 2. The fourth-order valence-corrected chi connectivity index (χ4v) is 8.96. The van der Waals surface area contributed by atoms with Gasteiger partial charge >= 0.3 is 0 Å². The summed E-state index contributed by atoms with van der Waals surface area (Å²) >= 11 is 0. The van der Waals surface area contributed by atoms with E-state index < -0.39 is 0 Å². The molecule has 0 aromatic rings. The van der Waals surface area contributed by atoms with Crippen molar-refractivity contribution < 1.29 is 38.0 Å². The summed E-state index contributed by atoms with van der Waals surface area (Å²) in [7, 11) is 0. The molecule has 6 saturated heterocycles. The molecule has 10 fully saturated rings. The quantitative estimate of drug-likeness (QED) is 0.446. The van der Waals surface area contributed by atoms with Gasteiger partial charge in [0.2, 0.25) is 0 Å². The van der Waals surface area contributed by atoms with E-state index in [0.29, 0.717) is 55.4 Å². The summed E-state index contributed by atoms with van der Waals surface area (Å²) in [6.07, 6.45) is 13.2. The van der Waals surface area contributed by atoms with Gasteiger partial charge in [-0.3, -0.25) is 9.59 Å². The van der Waals surface area contributed by atoms with Gasteiger partial charge in [0.1, 0.15) is 11.6 Å². The predicted octanol–water partition coefficient (Wildman–Crippen LogP) is 3.72. The molecule has 258 valence electrons. The largest absolute Gasteiger partial charge is 0.348 e. The molecule has 10 aliphatic rings. The summed E-state index contributed by atoms with van der Waals surface area (Å²) in [4.78, 5) is 24.9. The van der Waals surface area contributed by atoms with Crippen molar-refractivity contribution in [3.05, 3.63) is 0 Å². The molecule has 3 unspecified atom stereocenters. The standard InChI is InChI=1S/C9H17NO2.C9H13NO2.C9H13NO.C8H12O3/c2*10-7-8-1-3-9(4-2-8)11-5-6-12-9;11-9-7-1-6-2-8(9)5-10(3-6)4-7;9-7-1-3-8(4-2-7)10-5-6-11-8/h8H,1-7,10H2;8H,1-6H2;6-8H,1-5H2;1-6H2/t;;6?,7-,8?;/m..0./s1. The molecular formula is C35H55N3O8. The maximum Gasteiger partial charge on any atom is 0.169 e. The second-order valence-corrected chi connectivity index (χ2v) is 14.8. The fourth-order valence-electron chi connectivity index (χ4n) is 8.96. The van der Waals surface area contributed by atoms with Crippen LogP contribution in [0.15, 0.2) is 0 Å². The molecule has 4 bridgehead atoms. The number of nitriles is 1. The van der Waals surface area contributed by atoms with Crippen LogP contribution in [0.3, 0.4) is 0 Å². The molecule has 10 rings (SSSR count). The normalized spacial score (nSPS) is 36.4. The van der Waals surface area contributed by atoms with E-state index in [-0.39, 0.29) is 23.3 Å². The van der Waals surface area contributed by atoms with Gasteiger partial charge in [-0.2, -0.15) is 5.26 Å². The van der Waals surface area contributed by atoms with Crippen molar-refractivity contribution in [2.24, 2.45) is 35.3 Å². The zero-order valence-corrected chi connectivity index (χ0v) is 27.6. The van der Waals surface area contributed by atoms with E-state index in [4.69, 9.17) is 39.4 Å². The zero-order valence-electron chi connectivity index (χ0n) is 27.6. The third-order valence-electron chi connectivity index (χ3n) is 11.7. The van der Waals surface area contributed by atoms with Crippen LogP contribution in [-0.4, -0.2) is 99.6 Å². The minimum Gasteiger partial charge on any atom is -0.348 e. The smallest absolute Gasteiger partial charge is 0.169 e. The van der Waals surface area contributed by atoms with Crippen LogP contribution < -0.4 is 5.73 Å². The monoisotopic (exact) mass is 645 g/mol. The number of Topliss-reactive ketones (excluding diaryl/α,β-unsaturated/α-hetero) is 2. The molecule has 4 atom stereocenters. The Hall–Kier alpha value is -1.49. The molecule has 0 radical (unpaired) electrons. The van der Waals surface area contributed by atoms with Crippen molar-refractivity contribution in [2.75, 3.05) is 65.8 Å². The molecule has 0 aromatic heterocycles. The summed E-state index contributed by atoms with van der Waals surface area (Å²) in [5.41, 5.74) is 5.61. The molecule has 4 saturated carbocycles. The molecule has 11 heteroatoms. The van der Waals surface area contributed by atoms with E-state index in [0.717, 1.165) is 116 Å². The van der Waals surface area contributed by atoms with E-state index in [2.05, 4.69) is 11.0 Å². The average Bonchev–Trinajstić information content (AvgIpc) is 3.86. The van der Waals surface area contributed by atoms with Crippen molar-refractivity contribution in [3.8, 4) is 6.07 Å². The summed E-state index contributed by atoms with van der Waals surface area (Å²) in [6, 6.07) is 2.30. The minimum absolute atomic E-state index is 0.203. The number of carbonyl (C=O) groups is 2. The third-order valence-corrected chi connectivity index (χ3v) is 11.7. The second kappa shape index (κ2) is 15.4. The second-order valence-electron chi connectivity index (χ2n) is 14.8. The van der Waals surface area contributed by atoms with Crippen LogP contribution in [0.25, 0.3) is 0 Å². The van der Waals surface area contributed by atoms with Crippen LogP contribution >= 0.6 is 0 Å². The lowest BCUT2D eigenvalue weighted by Gasteiger charge is -2.50. The predicted molar refractivity (Wildman–Crippen MR) is 167 cm³/mol. The first-order chi connectivity index (χ1) is 22.3. The molecule has 2 N–H and O–H groups in total. The first-order valence-electron chi connectivity index (χ1n) is 18.0. The molecule has 6 aliphatic heterocycles. The summed E-state index contributed by atoms with van der Waals surface area (Å²) < 4.78 is 33.2. The lowest BCUT2D eigenvalue weighted by atomic mass is 9.67. The van der Waals surface area contributed by atoms with Crippen LogP contribution in [0.1, 0.15) is 89.9 Å². The van der Waals surface area contributed by atoms with E-state index in [9.17, 15) is 9.59 Å². The molecule has 11 nitrogen and oxygen atoms in total. The highest BCUT2D eigenvalue weighted by Crippen LogP contribution is 2.41. The van der Waals surface area contributed by atoms with Crippen molar-refractivity contribution in [3.63, 3.8) is 0 Å². The number of hydrogen-bond acceptors (Lipinski definition) is 11. The van der Waals surface area contributed by atoms with Gasteiger partial charge in [0.25, 0.3) is 0 Å². The van der Waals surface area contributed by atoms with E-state index in [1.54, 1.807) is 0 Å². The number of ether oxygens (including phenoxy) is 6. The van der Waals surface area contributed by atoms with Gasteiger partial charge in [0.05, 0.1) is 45.7 Å². The fraction of sp³-hybridized carbons (Fsp3) is 0.914. The van der Waals surface area contributed by atoms with Crippen LogP contribution in [0, 0.1) is 40.9 Å². The Morgan fingerprint density at radius 2 is 1.11 bits per heavy atom. The third kappa shape index (κ3) is 8.38. The molecule has 6 heterocycles. The van der Waals surface area contributed by atoms with Crippen molar-refractivity contribution in [1.29, 1.82) is 5.26 Å². The van der Waals surface area contributed by atoms with E-state index in [1.165, 1.54) is 19.4 Å². The number of ketones is 2. The van der Waals surface area contributed by atoms with Gasteiger partial charge in [-0.05, 0) is 56.9 Å². The molecule has 4 aliphatic carbocycles. The van der Waals surface area contributed by atoms with Gasteiger partial charge in [-0.1, -0.05) is 0 Å². The van der Waals surface area contributed by atoms with Crippen LogP contribution in [-0.2, 0) is 38.0 Å². The molecule has 46 heavy (non-hydrogen) atoms. The lowest BCUT2D eigenvalue weighted by molar-refractivity contribution is -0.182.